The molecule has 0 aliphatic rings. The van der Waals surface area contributed by atoms with Crippen molar-refractivity contribution in [2.75, 3.05) is 19.0 Å². The van der Waals surface area contributed by atoms with Gasteiger partial charge in [0.1, 0.15) is 5.75 Å². The van der Waals surface area contributed by atoms with Gasteiger partial charge in [0, 0.05) is 21.8 Å². The van der Waals surface area contributed by atoms with Crippen LogP contribution in [0.1, 0.15) is 6.92 Å². The monoisotopic (exact) mass is 316 g/mol. The lowest BCUT2D eigenvalue weighted by atomic mass is 10.1. The molecule has 0 bridgehead atoms. The molecule has 4 nitrogen and oxygen atoms in total. The highest BCUT2D eigenvalue weighted by Crippen LogP contribution is 2.34. The van der Waals surface area contributed by atoms with Crippen LogP contribution in [0.15, 0.2) is 36.4 Å². The normalized spacial score (nSPS) is 12.5. The van der Waals surface area contributed by atoms with E-state index < -0.39 is 0 Å². The molecule has 5 heteroatoms. The molecule has 3 rings (SSSR count). The number of benzene rings is 2. The molecular formula is C17H17ClN2O2. The highest BCUT2D eigenvalue weighted by Gasteiger charge is 2.12. The van der Waals surface area contributed by atoms with Gasteiger partial charge in [-0.2, -0.15) is 0 Å². The molecule has 22 heavy (non-hydrogen) atoms. The van der Waals surface area contributed by atoms with Gasteiger partial charge in [0.2, 0.25) is 0 Å². The van der Waals surface area contributed by atoms with E-state index in [0.29, 0.717) is 5.02 Å². The highest BCUT2D eigenvalue weighted by molar-refractivity contribution is 6.31. The lowest BCUT2D eigenvalue weighted by Gasteiger charge is -2.17. The van der Waals surface area contributed by atoms with Crippen molar-refractivity contribution < 1.29 is 9.84 Å². The van der Waals surface area contributed by atoms with Crippen LogP contribution in [0.25, 0.3) is 21.8 Å². The Morgan fingerprint density at radius 2 is 2.00 bits per heavy atom. The number of hydrogen-bond donors (Lipinski definition) is 2. The summed E-state index contributed by atoms with van der Waals surface area (Å²) in [5, 5.41) is 15.3. The first kappa shape index (κ1) is 14.9. The average Bonchev–Trinajstić information content (AvgIpc) is 2.53. The predicted molar refractivity (Wildman–Crippen MR) is 91.0 cm³/mol. The molecule has 0 unspecified atom stereocenters. The van der Waals surface area contributed by atoms with Crippen molar-refractivity contribution in [2.24, 2.45) is 0 Å². The van der Waals surface area contributed by atoms with Gasteiger partial charge < -0.3 is 15.2 Å². The number of pyridine rings is 1. The summed E-state index contributed by atoms with van der Waals surface area (Å²) in [5.74, 6) is 0.766. The van der Waals surface area contributed by atoms with Gasteiger partial charge in [-0.15, -0.1) is 0 Å². The van der Waals surface area contributed by atoms with Crippen LogP contribution in [0.3, 0.4) is 0 Å². The fourth-order valence-corrected chi connectivity index (χ4v) is 2.64. The molecule has 2 N–H and O–H groups in total. The first-order valence-electron chi connectivity index (χ1n) is 7.07. The van der Waals surface area contributed by atoms with Crippen molar-refractivity contribution in [1.82, 2.24) is 4.98 Å². The van der Waals surface area contributed by atoms with E-state index in [1.54, 1.807) is 7.11 Å². The largest absolute Gasteiger partial charge is 0.497 e. The number of halogens is 1. The minimum absolute atomic E-state index is 0.0445. The summed E-state index contributed by atoms with van der Waals surface area (Å²) in [5.41, 5.74) is 2.60. The maximum absolute atomic E-state index is 9.36. The lowest BCUT2D eigenvalue weighted by molar-refractivity contribution is 0.281. The molecule has 3 aromatic rings. The minimum atomic E-state index is -0.0734. The predicted octanol–water partition coefficient (Wildman–Crippen LogP) is 3.84. The van der Waals surface area contributed by atoms with Crippen molar-refractivity contribution in [3.8, 4) is 5.75 Å². The van der Waals surface area contributed by atoms with Crippen molar-refractivity contribution in [3.63, 3.8) is 0 Å². The molecule has 2 aromatic carbocycles. The molecule has 1 atom stereocenters. The third kappa shape index (κ3) is 2.67. The number of aliphatic hydroxyl groups excluding tert-OH is 1. The zero-order valence-corrected chi connectivity index (χ0v) is 13.2. The Balaban J connectivity index is 2.34. The second-order valence-electron chi connectivity index (χ2n) is 5.26. The van der Waals surface area contributed by atoms with E-state index in [1.807, 2.05) is 43.3 Å². The van der Waals surface area contributed by atoms with Crippen LogP contribution in [0, 0.1) is 0 Å². The average molecular weight is 317 g/mol. The number of aliphatic hydroxyl groups is 1. The maximum atomic E-state index is 9.36. The van der Waals surface area contributed by atoms with Crippen LogP contribution in [-0.4, -0.2) is 29.8 Å². The Morgan fingerprint density at radius 3 is 2.73 bits per heavy atom. The second-order valence-corrected chi connectivity index (χ2v) is 5.70. The number of fused-ring (bicyclic) bond motifs is 2. The van der Waals surface area contributed by atoms with E-state index in [2.05, 4.69) is 10.3 Å². The van der Waals surface area contributed by atoms with Crippen LogP contribution in [0.4, 0.5) is 5.69 Å². The molecule has 1 aromatic heterocycles. The van der Waals surface area contributed by atoms with Crippen LogP contribution in [0.2, 0.25) is 5.02 Å². The fraction of sp³-hybridized carbons (Fsp3) is 0.235. The van der Waals surface area contributed by atoms with E-state index >= 15 is 0 Å². The molecule has 0 amide bonds. The van der Waals surface area contributed by atoms with Crippen molar-refractivity contribution in [1.29, 1.82) is 0 Å². The van der Waals surface area contributed by atoms with E-state index in [9.17, 15) is 5.11 Å². The number of anilines is 1. The summed E-state index contributed by atoms with van der Waals surface area (Å²) in [6, 6.07) is 11.3. The second kappa shape index (κ2) is 5.99. The standard InChI is InChI=1S/C17H17ClN2O2/c1-10(9-21)19-17-13-5-3-11(18)7-16(13)20-15-6-4-12(22-2)8-14(15)17/h3-8,10,21H,9H2,1-2H3,(H,19,20)/t10-/m0/s1. The summed E-state index contributed by atoms with van der Waals surface area (Å²) in [7, 11) is 1.64. The molecule has 0 radical (unpaired) electrons. The first-order valence-corrected chi connectivity index (χ1v) is 7.44. The summed E-state index contributed by atoms with van der Waals surface area (Å²) in [4.78, 5) is 4.67. The summed E-state index contributed by atoms with van der Waals surface area (Å²) in [6.07, 6.45) is 0. The Labute approximate surface area is 133 Å². The Hall–Kier alpha value is -2.04. The molecule has 0 saturated heterocycles. The molecule has 0 spiro atoms. The minimum Gasteiger partial charge on any atom is -0.497 e. The summed E-state index contributed by atoms with van der Waals surface area (Å²) < 4.78 is 5.31. The molecule has 1 heterocycles. The van der Waals surface area contributed by atoms with Gasteiger partial charge in [0.05, 0.1) is 30.4 Å². The Morgan fingerprint density at radius 1 is 1.18 bits per heavy atom. The van der Waals surface area contributed by atoms with Gasteiger partial charge in [0.25, 0.3) is 0 Å². The van der Waals surface area contributed by atoms with Gasteiger partial charge in [-0.05, 0) is 43.3 Å². The van der Waals surface area contributed by atoms with Crippen molar-refractivity contribution >= 4 is 39.1 Å². The van der Waals surface area contributed by atoms with Gasteiger partial charge in [-0.25, -0.2) is 4.98 Å². The van der Waals surface area contributed by atoms with Gasteiger partial charge in [-0.3, -0.25) is 0 Å². The SMILES string of the molecule is COc1ccc2nc3cc(Cl)ccc3c(N[C@@H](C)CO)c2c1. The topological polar surface area (TPSA) is 54.4 Å². The maximum Gasteiger partial charge on any atom is 0.119 e. The smallest absolute Gasteiger partial charge is 0.119 e. The molecular weight excluding hydrogens is 300 g/mol. The van der Waals surface area contributed by atoms with E-state index in [-0.39, 0.29) is 12.6 Å². The summed E-state index contributed by atoms with van der Waals surface area (Å²) in [6.45, 7) is 1.97. The van der Waals surface area contributed by atoms with Crippen LogP contribution in [0.5, 0.6) is 5.75 Å². The molecule has 0 aliphatic carbocycles. The van der Waals surface area contributed by atoms with Gasteiger partial charge >= 0.3 is 0 Å². The lowest BCUT2D eigenvalue weighted by Crippen LogP contribution is -2.19. The van der Waals surface area contributed by atoms with E-state index in [1.165, 1.54) is 0 Å². The van der Waals surface area contributed by atoms with Crippen molar-refractivity contribution in [2.45, 2.75) is 13.0 Å². The van der Waals surface area contributed by atoms with E-state index in [4.69, 9.17) is 16.3 Å². The van der Waals surface area contributed by atoms with E-state index in [0.717, 1.165) is 33.2 Å². The Kier molecular flexibility index (Phi) is 4.05. The van der Waals surface area contributed by atoms with Crippen LogP contribution >= 0.6 is 11.6 Å². The highest BCUT2D eigenvalue weighted by atomic mass is 35.5. The zero-order valence-electron chi connectivity index (χ0n) is 12.4. The quantitative estimate of drug-likeness (QED) is 0.718. The number of aromatic nitrogens is 1. The number of hydrogen-bond acceptors (Lipinski definition) is 4. The zero-order chi connectivity index (χ0) is 15.7. The molecule has 114 valence electrons. The number of ether oxygens (including phenoxy) is 1. The molecule has 0 aliphatic heterocycles. The van der Waals surface area contributed by atoms with Gasteiger partial charge in [-0.1, -0.05) is 11.6 Å². The number of nitrogens with zero attached hydrogens (tertiary/aromatic N) is 1. The fourth-order valence-electron chi connectivity index (χ4n) is 2.47. The molecule has 0 saturated carbocycles. The number of rotatable bonds is 4. The third-order valence-electron chi connectivity index (χ3n) is 3.61. The Bertz CT molecular complexity index is 836. The van der Waals surface area contributed by atoms with Crippen molar-refractivity contribution in [3.05, 3.63) is 41.4 Å². The van der Waals surface area contributed by atoms with Crippen LogP contribution in [-0.2, 0) is 0 Å². The van der Waals surface area contributed by atoms with Gasteiger partial charge in [0.15, 0.2) is 0 Å². The van der Waals surface area contributed by atoms with Crippen LogP contribution < -0.4 is 10.1 Å². The first-order chi connectivity index (χ1) is 10.6. The third-order valence-corrected chi connectivity index (χ3v) is 3.84. The molecule has 0 fully saturated rings. The number of methoxy groups -OCH3 is 1. The number of nitrogens with one attached hydrogen (secondary N) is 1. The summed E-state index contributed by atoms with van der Waals surface area (Å²) >= 11 is 6.08.